The number of hydrogen-bond acceptors (Lipinski definition) is 4. The molecule has 0 aromatic carbocycles. The van der Waals surface area contributed by atoms with Gasteiger partial charge in [-0.05, 0) is 6.54 Å². The molecule has 13 heavy (non-hydrogen) atoms. The molecule has 1 aromatic rings. The molecule has 0 bridgehead atoms. The monoisotopic (exact) mass is 182 g/mol. The third-order valence-corrected chi connectivity index (χ3v) is 1.54. The van der Waals surface area contributed by atoms with Crippen molar-refractivity contribution in [3.63, 3.8) is 0 Å². The molecule has 0 fully saturated rings. The maximum Gasteiger partial charge on any atom is 0.252 e. The Bertz CT molecular complexity index is 296. The SMILES string of the molecule is CCNCCNc1cc(=O)[nH]cn1. The maximum absolute atomic E-state index is 10.8. The van der Waals surface area contributed by atoms with Gasteiger partial charge >= 0.3 is 0 Å². The quantitative estimate of drug-likeness (QED) is 0.551. The van der Waals surface area contributed by atoms with Gasteiger partial charge in [0, 0.05) is 19.2 Å². The van der Waals surface area contributed by atoms with E-state index in [9.17, 15) is 4.79 Å². The van der Waals surface area contributed by atoms with Gasteiger partial charge in [-0.2, -0.15) is 0 Å². The summed E-state index contributed by atoms with van der Waals surface area (Å²) in [7, 11) is 0. The molecule has 0 spiro atoms. The predicted octanol–water partition coefficient (Wildman–Crippen LogP) is -0.209. The fourth-order valence-electron chi connectivity index (χ4n) is 0.921. The lowest BCUT2D eigenvalue weighted by atomic mass is 10.5. The van der Waals surface area contributed by atoms with Crippen LogP contribution in [-0.4, -0.2) is 29.6 Å². The first kappa shape index (κ1) is 9.73. The van der Waals surface area contributed by atoms with Crippen LogP contribution in [0.3, 0.4) is 0 Å². The van der Waals surface area contributed by atoms with Gasteiger partial charge in [0.25, 0.3) is 5.56 Å². The van der Waals surface area contributed by atoms with Crippen LogP contribution in [0.15, 0.2) is 17.2 Å². The molecule has 0 saturated carbocycles. The Morgan fingerprint density at radius 1 is 1.54 bits per heavy atom. The molecule has 5 heteroatoms. The van der Waals surface area contributed by atoms with E-state index in [0.717, 1.165) is 19.6 Å². The van der Waals surface area contributed by atoms with Gasteiger partial charge in [-0.1, -0.05) is 6.92 Å². The minimum Gasteiger partial charge on any atom is -0.369 e. The van der Waals surface area contributed by atoms with Crippen molar-refractivity contribution in [1.29, 1.82) is 0 Å². The van der Waals surface area contributed by atoms with Crippen molar-refractivity contribution < 1.29 is 0 Å². The maximum atomic E-state index is 10.8. The first-order chi connectivity index (χ1) is 6.33. The van der Waals surface area contributed by atoms with E-state index < -0.39 is 0 Å². The lowest BCUT2D eigenvalue weighted by molar-refractivity contribution is 0.737. The van der Waals surface area contributed by atoms with Crippen molar-refractivity contribution in [2.45, 2.75) is 6.92 Å². The Hall–Kier alpha value is -1.36. The van der Waals surface area contributed by atoms with Crippen molar-refractivity contribution >= 4 is 5.82 Å². The Morgan fingerprint density at radius 2 is 2.38 bits per heavy atom. The average molecular weight is 182 g/mol. The molecular formula is C8H14N4O. The fourth-order valence-corrected chi connectivity index (χ4v) is 0.921. The number of H-pyrrole nitrogens is 1. The highest BCUT2D eigenvalue weighted by Gasteiger charge is 1.92. The molecule has 1 aromatic heterocycles. The lowest BCUT2D eigenvalue weighted by Gasteiger charge is -2.04. The first-order valence-electron chi connectivity index (χ1n) is 4.32. The number of nitrogens with zero attached hydrogens (tertiary/aromatic N) is 1. The van der Waals surface area contributed by atoms with Crippen LogP contribution in [0, 0.1) is 0 Å². The number of anilines is 1. The van der Waals surface area contributed by atoms with Gasteiger partial charge in [-0.15, -0.1) is 0 Å². The van der Waals surface area contributed by atoms with Gasteiger partial charge in [0.2, 0.25) is 0 Å². The van der Waals surface area contributed by atoms with Gasteiger partial charge in [0.1, 0.15) is 5.82 Å². The van der Waals surface area contributed by atoms with E-state index in [-0.39, 0.29) is 5.56 Å². The number of nitrogens with one attached hydrogen (secondary N) is 3. The van der Waals surface area contributed by atoms with Gasteiger partial charge in [-0.3, -0.25) is 4.79 Å². The van der Waals surface area contributed by atoms with E-state index in [1.807, 2.05) is 6.92 Å². The van der Waals surface area contributed by atoms with Gasteiger partial charge < -0.3 is 15.6 Å². The smallest absolute Gasteiger partial charge is 0.252 e. The van der Waals surface area contributed by atoms with E-state index in [4.69, 9.17) is 0 Å². The summed E-state index contributed by atoms with van der Waals surface area (Å²) in [4.78, 5) is 17.2. The number of rotatable bonds is 5. The van der Waals surface area contributed by atoms with Crippen LogP contribution >= 0.6 is 0 Å². The van der Waals surface area contributed by atoms with Crippen molar-refractivity contribution in [2.75, 3.05) is 25.0 Å². The van der Waals surface area contributed by atoms with Gasteiger partial charge in [-0.25, -0.2) is 4.98 Å². The highest BCUT2D eigenvalue weighted by atomic mass is 16.1. The Balaban J connectivity index is 2.33. The highest BCUT2D eigenvalue weighted by molar-refractivity contribution is 5.31. The molecule has 5 nitrogen and oxygen atoms in total. The zero-order valence-electron chi connectivity index (χ0n) is 7.63. The molecule has 3 N–H and O–H groups in total. The second-order valence-corrected chi connectivity index (χ2v) is 2.58. The topological polar surface area (TPSA) is 69.8 Å². The molecule has 0 amide bonds. The number of aromatic nitrogens is 2. The molecule has 0 aliphatic rings. The van der Waals surface area contributed by atoms with E-state index in [2.05, 4.69) is 20.6 Å². The molecule has 0 aliphatic carbocycles. The van der Waals surface area contributed by atoms with E-state index in [0.29, 0.717) is 5.82 Å². The molecule has 0 unspecified atom stereocenters. The Labute approximate surface area is 76.6 Å². The second kappa shape index (κ2) is 5.31. The van der Waals surface area contributed by atoms with E-state index >= 15 is 0 Å². The molecular weight excluding hydrogens is 168 g/mol. The molecule has 72 valence electrons. The summed E-state index contributed by atoms with van der Waals surface area (Å²) in [6.45, 7) is 4.63. The molecule has 0 radical (unpaired) electrons. The average Bonchev–Trinajstić information content (AvgIpc) is 2.13. The van der Waals surface area contributed by atoms with Crippen molar-refractivity contribution in [3.05, 3.63) is 22.7 Å². The first-order valence-corrected chi connectivity index (χ1v) is 4.32. The highest BCUT2D eigenvalue weighted by Crippen LogP contribution is 1.92. The predicted molar refractivity (Wildman–Crippen MR) is 51.9 cm³/mol. The van der Waals surface area contributed by atoms with Crippen LogP contribution in [0.5, 0.6) is 0 Å². The summed E-state index contributed by atoms with van der Waals surface area (Å²) < 4.78 is 0. The Morgan fingerprint density at radius 3 is 3.08 bits per heavy atom. The van der Waals surface area contributed by atoms with Gasteiger partial charge in [0.05, 0.1) is 6.33 Å². The number of likely N-dealkylation sites (N-methyl/N-ethyl adjacent to an activating group) is 1. The van der Waals surface area contributed by atoms with E-state index in [1.165, 1.54) is 12.4 Å². The number of hydrogen-bond donors (Lipinski definition) is 3. The molecule has 1 heterocycles. The van der Waals surface area contributed by atoms with Crippen LogP contribution in [0.2, 0.25) is 0 Å². The van der Waals surface area contributed by atoms with Crippen molar-refractivity contribution in [3.8, 4) is 0 Å². The van der Waals surface area contributed by atoms with Crippen LogP contribution in [0.25, 0.3) is 0 Å². The fraction of sp³-hybridized carbons (Fsp3) is 0.500. The van der Waals surface area contributed by atoms with Crippen LogP contribution in [0.1, 0.15) is 6.92 Å². The van der Waals surface area contributed by atoms with Crippen LogP contribution in [-0.2, 0) is 0 Å². The second-order valence-electron chi connectivity index (χ2n) is 2.58. The van der Waals surface area contributed by atoms with Crippen LogP contribution < -0.4 is 16.2 Å². The molecule has 1 rings (SSSR count). The standard InChI is InChI=1S/C8H14N4O/c1-2-9-3-4-10-7-5-8(13)12-6-11-7/h5-6,9H,2-4H2,1H3,(H2,10,11,12,13). The summed E-state index contributed by atoms with van der Waals surface area (Å²) >= 11 is 0. The third-order valence-electron chi connectivity index (χ3n) is 1.54. The van der Waals surface area contributed by atoms with Crippen molar-refractivity contribution in [1.82, 2.24) is 15.3 Å². The van der Waals surface area contributed by atoms with Gasteiger partial charge in [0.15, 0.2) is 0 Å². The zero-order valence-corrected chi connectivity index (χ0v) is 7.63. The molecule has 0 aliphatic heterocycles. The molecule has 0 saturated heterocycles. The summed E-state index contributed by atoms with van der Waals surface area (Å²) in [5, 5.41) is 6.18. The van der Waals surface area contributed by atoms with Crippen molar-refractivity contribution in [2.24, 2.45) is 0 Å². The Kier molecular flexibility index (Phi) is 3.98. The normalized spacial score (nSPS) is 9.92. The van der Waals surface area contributed by atoms with Crippen LogP contribution in [0.4, 0.5) is 5.82 Å². The summed E-state index contributed by atoms with van der Waals surface area (Å²) in [6, 6.07) is 1.44. The minimum atomic E-state index is -0.138. The summed E-state index contributed by atoms with van der Waals surface area (Å²) in [5.41, 5.74) is -0.138. The largest absolute Gasteiger partial charge is 0.369 e. The summed E-state index contributed by atoms with van der Waals surface area (Å²) in [5.74, 6) is 0.613. The third kappa shape index (κ3) is 3.71. The number of aromatic amines is 1. The lowest BCUT2D eigenvalue weighted by Crippen LogP contribution is -2.22. The summed E-state index contributed by atoms with van der Waals surface area (Å²) in [6.07, 6.45) is 1.39. The van der Waals surface area contributed by atoms with E-state index in [1.54, 1.807) is 0 Å². The minimum absolute atomic E-state index is 0.138. The zero-order chi connectivity index (χ0) is 9.52. The molecule has 0 atom stereocenters.